The van der Waals surface area contributed by atoms with Gasteiger partial charge in [-0.25, -0.2) is 0 Å². The second-order valence-electron chi connectivity index (χ2n) is 3.00. The summed E-state index contributed by atoms with van der Waals surface area (Å²) in [5.41, 5.74) is 0.875. The van der Waals surface area contributed by atoms with E-state index in [1.807, 2.05) is 0 Å². The molecule has 0 spiro atoms. The third-order valence-electron chi connectivity index (χ3n) is 1.75. The van der Waals surface area contributed by atoms with Crippen LogP contribution >= 0.6 is 11.6 Å². The molecule has 0 aliphatic heterocycles. The van der Waals surface area contributed by atoms with E-state index in [1.165, 1.54) is 0 Å². The zero-order chi connectivity index (χ0) is 12.0. The summed E-state index contributed by atoms with van der Waals surface area (Å²) in [5, 5.41) is 13.2. The number of rotatable bonds is 4. The summed E-state index contributed by atoms with van der Waals surface area (Å²) in [5.74, 6) is -1.89. The summed E-state index contributed by atoms with van der Waals surface area (Å²) >= 11 is 5.69. The fourth-order valence-corrected chi connectivity index (χ4v) is 1.12. The summed E-state index contributed by atoms with van der Waals surface area (Å²) in [4.78, 5) is 21.1. The van der Waals surface area contributed by atoms with Gasteiger partial charge in [-0.15, -0.1) is 0 Å². The standard InChI is InChI=1S/C11H10ClNO3/c12-9-3-1-8(2-4-9)7-13-10(14)5-6-11(15)16/h1-6H,7H2,(H,13,14)(H,15,16)/p-1. The van der Waals surface area contributed by atoms with Crippen molar-refractivity contribution in [3.63, 3.8) is 0 Å². The van der Waals surface area contributed by atoms with Crippen LogP contribution < -0.4 is 10.4 Å². The van der Waals surface area contributed by atoms with E-state index >= 15 is 0 Å². The van der Waals surface area contributed by atoms with Gasteiger partial charge in [0, 0.05) is 17.6 Å². The highest BCUT2D eigenvalue weighted by Crippen LogP contribution is 2.08. The minimum Gasteiger partial charge on any atom is -0.545 e. The van der Waals surface area contributed by atoms with Crippen molar-refractivity contribution >= 4 is 23.5 Å². The Morgan fingerprint density at radius 2 is 1.88 bits per heavy atom. The molecule has 84 valence electrons. The molecule has 0 saturated carbocycles. The Morgan fingerprint density at radius 1 is 1.25 bits per heavy atom. The van der Waals surface area contributed by atoms with Gasteiger partial charge in [-0.3, -0.25) is 4.79 Å². The first-order chi connectivity index (χ1) is 7.58. The van der Waals surface area contributed by atoms with Crippen LogP contribution in [0.2, 0.25) is 5.02 Å². The van der Waals surface area contributed by atoms with Crippen LogP contribution in [-0.4, -0.2) is 11.9 Å². The molecule has 0 fully saturated rings. The Labute approximate surface area is 97.5 Å². The van der Waals surface area contributed by atoms with Crippen molar-refractivity contribution in [3.05, 3.63) is 47.0 Å². The van der Waals surface area contributed by atoms with Crippen molar-refractivity contribution in [2.75, 3.05) is 0 Å². The molecule has 0 radical (unpaired) electrons. The monoisotopic (exact) mass is 238 g/mol. The average Bonchev–Trinajstić information content (AvgIpc) is 2.25. The number of carbonyl (C=O) groups is 2. The number of hydrogen-bond acceptors (Lipinski definition) is 3. The van der Waals surface area contributed by atoms with Gasteiger partial charge in [-0.2, -0.15) is 0 Å². The van der Waals surface area contributed by atoms with Crippen molar-refractivity contribution in [3.8, 4) is 0 Å². The average molecular weight is 239 g/mol. The number of carboxylic acids is 1. The molecule has 1 N–H and O–H groups in total. The molecule has 0 unspecified atom stereocenters. The highest BCUT2D eigenvalue weighted by Gasteiger charge is 1.96. The van der Waals surface area contributed by atoms with E-state index in [9.17, 15) is 14.7 Å². The van der Waals surface area contributed by atoms with Crippen LogP contribution in [0.5, 0.6) is 0 Å². The van der Waals surface area contributed by atoms with Gasteiger partial charge in [0.05, 0.1) is 5.97 Å². The highest BCUT2D eigenvalue weighted by molar-refractivity contribution is 6.30. The molecule has 0 bridgehead atoms. The van der Waals surface area contributed by atoms with Gasteiger partial charge in [-0.1, -0.05) is 23.7 Å². The molecule has 0 heterocycles. The molecule has 1 amide bonds. The Kier molecular flexibility index (Phi) is 4.54. The molecule has 0 aliphatic carbocycles. The minimum atomic E-state index is -1.40. The summed E-state index contributed by atoms with van der Waals surface area (Å²) < 4.78 is 0. The molecule has 1 aromatic rings. The van der Waals surface area contributed by atoms with Gasteiger partial charge in [0.15, 0.2) is 0 Å². The zero-order valence-corrected chi connectivity index (χ0v) is 9.03. The Balaban J connectivity index is 2.43. The van der Waals surface area contributed by atoms with Crippen LogP contribution in [-0.2, 0) is 16.1 Å². The lowest BCUT2D eigenvalue weighted by molar-refractivity contribution is -0.297. The van der Waals surface area contributed by atoms with Gasteiger partial charge in [0.1, 0.15) is 0 Å². The maximum atomic E-state index is 11.1. The zero-order valence-electron chi connectivity index (χ0n) is 8.27. The third-order valence-corrected chi connectivity index (χ3v) is 2.00. The SMILES string of the molecule is O=C([O-])C=CC(=O)NCc1ccc(Cl)cc1. The van der Waals surface area contributed by atoms with Crippen LogP contribution in [0, 0.1) is 0 Å². The molecule has 1 rings (SSSR count). The van der Waals surface area contributed by atoms with E-state index in [0.29, 0.717) is 17.6 Å². The minimum absolute atomic E-state index is 0.313. The van der Waals surface area contributed by atoms with E-state index < -0.39 is 11.9 Å². The Morgan fingerprint density at radius 3 is 2.44 bits per heavy atom. The molecule has 4 nitrogen and oxygen atoms in total. The summed E-state index contributed by atoms with van der Waals surface area (Å²) in [6, 6.07) is 6.95. The fraction of sp³-hybridized carbons (Fsp3) is 0.0909. The topological polar surface area (TPSA) is 69.2 Å². The lowest BCUT2D eigenvalue weighted by Gasteiger charge is -2.02. The van der Waals surface area contributed by atoms with Crippen molar-refractivity contribution in [2.24, 2.45) is 0 Å². The quantitative estimate of drug-likeness (QED) is 0.765. The second kappa shape index (κ2) is 5.92. The smallest absolute Gasteiger partial charge is 0.244 e. The number of halogens is 1. The number of nitrogens with one attached hydrogen (secondary N) is 1. The molecule has 1 aromatic carbocycles. The molecule has 0 aromatic heterocycles. The van der Waals surface area contributed by atoms with Crippen molar-refractivity contribution in [1.82, 2.24) is 5.32 Å². The second-order valence-corrected chi connectivity index (χ2v) is 3.43. The van der Waals surface area contributed by atoms with E-state index in [-0.39, 0.29) is 0 Å². The Bertz CT molecular complexity index is 412. The number of aliphatic carboxylic acids is 1. The number of benzene rings is 1. The first kappa shape index (κ1) is 12.3. The van der Waals surface area contributed by atoms with E-state index in [1.54, 1.807) is 24.3 Å². The maximum Gasteiger partial charge on any atom is 0.244 e. The normalized spacial score (nSPS) is 10.3. The first-order valence-corrected chi connectivity index (χ1v) is 4.87. The largest absolute Gasteiger partial charge is 0.545 e. The predicted octanol–water partition coefficient (Wildman–Crippen LogP) is 0.262. The van der Waals surface area contributed by atoms with Crippen molar-refractivity contribution in [2.45, 2.75) is 6.54 Å². The molecule has 0 aliphatic rings. The maximum absolute atomic E-state index is 11.1. The molecular weight excluding hydrogens is 230 g/mol. The van der Waals surface area contributed by atoms with E-state index in [2.05, 4.69) is 5.32 Å². The highest BCUT2D eigenvalue weighted by atomic mass is 35.5. The summed E-state index contributed by atoms with van der Waals surface area (Å²) in [6.45, 7) is 0.313. The van der Waals surface area contributed by atoms with Crippen LogP contribution in [0.1, 0.15) is 5.56 Å². The summed E-state index contributed by atoms with van der Waals surface area (Å²) in [7, 11) is 0. The van der Waals surface area contributed by atoms with Crippen molar-refractivity contribution in [1.29, 1.82) is 0 Å². The molecule has 0 saturated heterocycles. The number of carboxylic acid groups (broad SMARTS) is 1. The van der Waals surface area contributed by atoms with E-state index in [4.69, 9.17) is 11.6 Å². The number of carbonyl (C=O) groups excluding carboxylic acids is 2. The number of amides is 1. The predicted molar refractivity (Wildman–Crippen MR) is 57.4 cm³/mol. The van der Waals surface area contributed by atoms with Crippen LogP contribution in [0.25, 0.3) is 0 Å². The van der Waals surface area contributed by atoms with Gasteiger partial charge in [-0.05, 0) is 23.8 Å². The van der Waals surface area contributed by atoms with Crippen LogP contribution in [0.3, 0.4) is 0 Å². The third kappa shape index (κ3) is 4.61. The van der Waals surface area contributed by atoms with Crippen LogP contribution in [0.4, 0.5) is 0 Å². The van der Waals surface area contributed by atoms with Crippen molar-refractivity contribution < 1.29 is 14.7 Å². The van der Waals surface area contributed by atoms with Crippen LogP contribution in [0.15, 0.2) is 36.4 Å². The molecular formula is C11H9ClNO3-. The van der Waals surface area contributed by atoms with Gasteiger partial charge in [0.25, 0.3) is 0 Å². The fourth-order valence-electron chi connectivity index (χ4n) is 0.994. The summed E-state index contributed by atoms with van der Waals surface area (Å²) in [6.07, 6.45) is 1.59. The molecule has 16 heavy (non-hydrogen) atoms. The van der Waals surface area contributed by atoms with Gasteiger partial charge < -0.3 is 15.2 Å². The lowest BCUT2D eigenvalue weighted by atomic mass is 10.2. The lowest BCUT2D eigenvalue weighted by Crippen LogP contribution is -2.23. The molecule has 5 heteroatoms. The first-order valence-electron chi connectivity index (χ1n) is 4.49. The van der Waals surface area contributed by atoms with Gasteiger partial charge >= 0.3 is 0 Å². The van der Waals surface area contributed by atoms with Gasteiger partial charge in [0.2, 0.25) is 5.91 Å². The number of hydrogen-bond donors (Lipinski definition) is 1. The Hall–Kier alpha value is -1.81. The molecule has 0 atom stereocenters. The van der Waals surface area contributed by atoms with E-state index in [0.717, 1.165) is 11.6 Å².